The van der Waals surface area contributed by atoms with Gasteiger partial charge < -0.3 is 10.6 Å². The van der Waals surface area contributed by atoms with Crippen molar-refractivity contribution in [2.24, 2.45) is 0 Å². The lowest BCUT2D eigenvalue weighted by atomic mass is 10.0. The second kappa shape index (κ2) is 4.41. The highest BCUT2D eigenvalue weighted by atomic mass is 15.1. The van der Waals surface area contributed by atoms with Crippen LogP contribution in [-0.2, 0) is 6.42 Å². The van der Waals surface area contributed by atoms with Crippen molar-refractivity contribution in [2.75, 3.05) is 17.2 Å². The van der Waals surface area contributed by atoms with Crippen LogP contribution in [0, 0.1) is 0 Å². The molecule has 1 aliphatic heterocycles. The van der Waals surface area contributed by atoms with Crippen molar-refractivity contribution in [3.8, 4) is 0 Å². The third-order valence-corrected chi connectivity index (χ3v) is 2.87. The van der Waals surface area contributed by atoms with E-state index in [1.165, 1.54) is 17.7 Å². The molecule has 0 bridgehead atoms. The predicted molar refractivity (Wildman–Crippen MR) is 68.6 cm³/mol. The first-order valence-corrected chi connectivity index (χ1v) is 5.83. The Kier molecular flexibility index (Phi) is 2.62. The molecule has 0 spiro atoms. The van der Waals surface area contributed by atoms with Gasteiger partial charge in [-0.1, -0.05) is 6.07 Å². The first-order valence-electron chi connectivity index (χ1n) is 5.83. The molecule has 0 radical (unpaired) electrons. The Bertz CT molecular complexity index is 510. The summed E-state index contributed by atoms with van der Waals surface area (Å²) < 4.78 is 0. The van der Waals surface area contributed by atoms with Crippen LogP contribution in [0.2, 0.25) is 0 Å². The summed E-state index contributed by atoms with van der Waals surface area (Å²) >= 11 is 0. The van der Waals surface area contributed by atoms with Gasteiger partial charge in [0, 0.05) is 30.3 Å². The van der Waals surface area contributed by atoms with E-state index in [9.17, 15) is 0 Å². The molecule has 0 atom stereocenters. The maximum Gasteiger partial charge on any atom is 0.227 e. The Labute approximate surface area is 100 Å². The zero-order chi connectivity index (χ0) is 11.5. The van der Waals surface area contributed by atoms with Crippen LogP contribution < -0.4 is 10.6 Å². The smallest absolute Gasteiger partial charge is 0.227 e. The van der Waals surface area contributed by atoms with E-state index in [2.05, 4.69) is 38.8 Å². The van der Waals surface area contributed by atoms with Crippen LogP contribution in [-0.4, -0.2) is 16.5 Å². The van der Waals surface area contributed by atoms with Crippen LogP contribution in [0.25, 0.3) is 0 Å². The first-order chi connectivity index (χ1) is 8.42. The Morgan fingerprint density at radius 3 is 2.94 bits per heavy atom. The Hall–Kier alpha value is -2.10. The molecule has 0 aliphatic carbocycles. The van der Waals surface area contributed by atoms with Crippen molar-refractivity contribution in [1.29, 1.82) is 0 Å². The van der Waals surface area contributed by atoms with Gasteiger partial charge in [-0.25, -0.2) is 9.97 Å². The van der Waals surface area contributed by atoms with E-state index in [0.717, 1.165) is 18.7 Å². The van der Waals surface area contributed by atoms with Crippen LogP contribution in [0.1, 0.15) is 12.0 Å². The molecule has 2 N–H and O–H groups in total. The number of aromatic nitrogens is 2. The van der Waals surface area contributed by atoms with Crippen molar-refractivity contribution in [3.05, 3.63) is 42.2 Å². The average molecular weight is 226 g/mol. The fraction of sp³-hybridized carbons (Fsp3) is 0.231. The molecule has 86 valence electrons. The molecule has 4 nitrogen and oxygen atoms in total. The largest absolute Gasteiger partial charge is 0.385 e. The van der Waals surface area contributed by atoms with Gasteiger partial charge in [-0.3, -0.25) is 0 Å². The molecular formula is C13H14N4. The molecule has 0 fully saturated rings. The third kappa shape index (κ3) is 2.20. The highest BCUT2D eigenvalue weighted by Crippen LogP contribution is 2.26. The molecule has 1 aliphatic rings. The third-order valence-electron chi connectivity index (χ3n) is 2.87. The lowest BCUT2D eigenvalue weighted by Crippen LogP contribution is -2.11. The molecule has 0 saturated heterocycles. The van der Waals surface area contributed by atoms with Crippen molar-refractivity contribution in [2.45, 2.75) is 12.8 Å². The summed E-state index contributed by atoms with van der Waals surface area (Å²) in [4.78, 5) is 8.29. The Morgan fingerprint density at radius 1 is 1.18 bits per heavy atom. The zero-order valence-corrected chi connectivity index (χ0v) is 9.48. The highest BCUT2D eigenvalue weighted by Gasteiger charge is 2.08. The van der Waals surface area contributed by atoms with Gasteiger partial charge in [0.15, 0.2) is 0 Å². The lowest BCUT2D eigenvalue weighted by molar-refractivity contribution is 0.830. The summed E-state index contributed by atoms with van der Waals surface area (Å²) in [6, 6.07) is 8.15. The van der Waals surface area contributed by atoms with Gasteiger partial charge in [-0.15, -0.1) is 0 Å². The van der Waals surface area contributed by atoms with Gasteiger partial charge in [0.05, 0.1) is 0 Å². The fourth-order valence-corrected chi connectivity index (χ4v) is 2.03. The second-order valence-electron chi connectivity index (χ2n) is 4.10. The number of hydrogen-bond acceptors (Lipinski definition) is 4. The molecule has 1 aromatic carbocycles. The maximum absolute atomic E-state index is 4.14. The van der Waals surface area contributed by atoms with Crippen LogP contribution in [0.5, 0.6) is 0 Å². The summed E-state index contributed by atoms with van der Waals surface area (Å²) in [6.45, 7) is 1.05. The summed E-state index contributed by atoms with van der Waals surface area (Å²) in [7, 11) is 0. The van der Waals surface area contributed by atoms with Crippen LogP contribution in [0.3, 0.4) is 0 Å². The van der Waals surface area contributed by atoms with Gasteiger partial charge in [0.2, 0.25) is 5.95 Å². The van der Waals surface area contributed by atoms with Crippen molar-refractivity contribution in [1.82, 2.24) is 9.97 Å². The summed E-state index contributed by atoms with van der Waals surface area (Å²) in [5.74, 6) is 0.628. The molecular weight excluding hydrogens is 212 g/mol. The number of hydrogen-bond donors (Lipinski definition) is 2. The zero-order valence-electron chi connectivity index (χ0n) is 9.48. The van der Waals surface area contributed by atoms with Crippen LogP contribution >= 0.6 is 0 Å². The van der Waals surface area contributed by atoms with Gasteiger partial charge in [0.1, 0.15) is 0 Å². The number of rotatable bonds is 2. The van der Waals surface area contributed by atoms with E-state index in [1.807, 2.05) is 0 Å². The number of nitrogens with zero attached hydrogens (tertiary/aromatic N) is 2. The molecule has 0 saturated carbocycles. The number of anilines is 3. The number of nitrogens with one attached hydrogen (secondary N) is 2. The summed E-state index contributed by atoms with van der Waals surface area (Å²) in [5.41, 5.74) is 3.62. The van der Waals surface area contributed by atoms with E-state index < -0.39 is 0 Å². The van der Waals surface area contributed by atoms with Gasteiger partial charge in [-0.2, -0.15) is 0 Å². The lowest BCUT2D eigenvalue weighted by Gasteiger charge is -2.18. The number of aryl methyl sites for hydroxylation is 1. The number of fused-ring (bicyclic) bond motifs is 1. The molecule has 3 rings (SSSR count). The first kappa shape index (κ1) is 10.1. The Balaban J connectivity index is 1.84. The van der Waals surface area contributed by atoms with Crippen molar-refractivity contribution < 1.29 is 0 Å². The molecule has 2 aromatic rings. The van der Waals surface area contributed by atoms with Crippen molar-refractivity contribution in [3.63, 3.8) is 0 Å². The van der Waals surface area contributed by atoms with E-state index in [-0.39, 0.29) is 0 Å². The van der Waals surface area contributed by atoms with E-state index in [0.29, 0.717) is 5.95 Å². The maximum atomic E-state index is 4.14. The van der Waals surface area contributed by atoms with E-state index in [4.69, 9.17) is 0 Å². The molecule has 0 amide bonds. The average Bonchev–Trinajstić information content (AvgIpc) is 2.40. The standard InChI is InChI=1S/C13H14N4/c1-3-10-4-5-11(9-12(10)14-6-1)17-13-15-7-2-8-16-13/h2,4-5,7-9,14H,1,3,6H2,(H,15,16,17). The molecule has 1 aromatic heterocycles. The van der Waals surface area contributed by atoms with Crippen LogP contribution in [0.4, 0.5) is 17.3 Å². The topological polar surface area (TPSA) is 49.8 Å². The predicted octanol–water partition coefficient (Wildman–Crippen LogP) is 2.58. The molecule has 2 heterocycles. The van der Waals surface area contributed by atoms with Gasteiger partial charge in [0.25, 0.3) is 0 Å². The summed E-state index contributed by atoms with van der Waals surface area (Å²) in [5, 5.41) is 6.60. The van der Waals surface area contributed by atoms with E-state index in [1.54, 1.807) is 18.5 Å². The van der Waals surface area contributed by atoms with E-state index >= 15 is 0 Å². The molecule has 4 heteroatoms. The molecule has 17 heavy (non-hydrogen) atoms. The van der Waals surface area contributed by atoms with Gasteiger partial charge >= 0.3 is 0 Å². The minimum atomic E-state index is 0.628. The fourth-order valence-electron chi connectivity index (χ4n) is 2.03. The second-order valence-corrected chi connectivity index (χ2v) is 4.10. The number of benzene rings is 1. The summed E-state index contributed by atoms with van der Waals surface area (Å²) in [6.07, 6.45) is 5.82. The minimum absolute atomic E-state index is 0.628. The normalized spacial score (nSPS) is 13.6. The minimum Gasteiger partial charge on any atom is -0.385 e. The van der Waals surface area contributed by atoms with Crippen LogP contribution in [0.15, 0.2) is 36.7 Å². The molecule has 0 unspecified atom stereocenters. The SMILES string of the molecule is c1cnc(Nc2ccc3c(c2)NCCC3)nc1. The van der Waals surface area contributed by atoms with Gasteiger partial charge in [-0.05, 0) is 36.6 Å². The highest BCUT2D eigenvalue weighted by molar-refractivity contribution is 5.65. The monoisotopic (exact) mass is 226 g/mol. The van der Waals surface area contributed by atoms with Crippen molar-refractivity contribution >= 4 is 17.3 Å². The Morgan fingerprint density at radius 2 is 2.06 bits per heavy atom. The quantitative estimate of drug-likeness (QED) is 0.826.